The molecule has 11 heteroatoms. The largest absolute Gasteiger partial charge is 0.339 e. The number of nitro benzene ring substituents is 1. The van der Waals surface area contributed by atoms with E-state index in [0.717, 1.165) is 11.6 Å². The van der Waals surface area contributed by atoms with Gasteiger partial charge in [0.1, 0.15) is 0 Å². The maximum absolute atomic E-state index is 12.6. The molecule has 1 fully saturated rings. The van der Waals surface area contributed by atoms with Gasteiger partial charge in [-0.1, -0.05) is 11.2 Å². The van der Waals surface area contributed by atoms with Crippen LogP contribution in [0.4, 0.5) is 5.69 Å². The average Bonchev–Trinajstić information content (AvgIpc) is 3.10. The van der Waals surface area contributed by atoms with Gasteiger partial charge in [0, 0.05) is 43.2 Å². The summed E-state index contributed by atoms with van der Waals surface area (Å²) in [6, 6.07) is 8.47. The molecule has 0 radical (unpaired) electrons. The van der Waals surface area contributed by atoms with Crippen LogP contribution < -0.4 is 0 Å². The molecule has 2 aromatic heterocycles. The summed E-state index contributed by atoms with van der Waals surface area (Å²) in [5.41, 5.74) is 0.479. The van der Waals surface area contributed by atoms with Crippen LogP contribution in [0, 0.1) is 10.1 Å². The number of hydrogen-bond acceptors (Lipinski definition) is 8. The fourth-order valence-electron chi connectivity index (χ4n) is 2.72. The summed E-state index contributed by atoms with van der Waals surface area (Å²) < 4.78 is 31.7. The van der Waals surface area contributed by atoms with Crippen LogP contribution in [0.15, 0.2) is 58.2 Å². The number of non-ortho nitro benzene ring substituents is 1. The lowest BCUT2D eigenvalue weighted by Crippen LogP contribution is -2.48. The smallest absolute Gasteiger partial charge is 0.270 e. The molecule has 1 aliphatic rings. The van der Waals surface area contributed by atoms with Crippen molar-refractivity contribution in [1.82, 2.24) is 19.4 Å². The van der Waals surface area contributed by atoms with E-state index in [1.807, 2.05) is 0 Å². The Kier molecular flexibility index (Phi) is 4.16. The minimum atomic E-state index is -3.81. The number of rotatable bonds is 5. The number of aromatic nitrogens is 3. The Balaban J connectivity index is 1.48. The first kappa shape index (κ1) is 17.2. The molecular weight excluding hydrogens is 374 g/mol. The minimum Gasteiger partial charge on any atom is -0.339 e. The molecular formula is C16H13N5O5S. The zero-order valence-electron chi connectivity index (χ0n) is 13.8. The van der Waals surface area contributed by atoms with Crippen molar-refractivity contribution in [2.45, 2.75) is 10.8 Å². The molecule has 0 N–H and O–H groups in total. The lowest BCUT2D eigenvalue weighted by molar-refractivity contribution is -0.385. The first-order valence-electron chi connectivity index (χ1n) is 7.94. The second-order valence-electron chi connectivity index (χ2n) is 5.97. The van der Waals surface area contributed by atoms with E-state index in [1.165, 1.54) is 22.5 Å². The van der Waals surface area contributed by atoms with E-state index in [0.29, 0.717) is 11.7 Å². The topological polar surface area (TPSA) is 132 Å². The lowest BCUT2D eigenvalue weighted by atomic mass is 10.0. The molecule has 27 heavy (non-hydrogen) atoms. The van der Waals surface area contributed by atoms with Crippen LogP contribution in [0.5, 0.6) is 0 Å². The maximum atomic E-state index is 12.6. The van der Waals surface area contributed by atoms with Gasteiger partial charge in [-0.25, -0.2) is 8.42 Å². The monoisotopic (exact) mass is 387 g/mol. The Morgan fingerprint density at radius 1 is 1.19 bits per heavy atom. The van der Waals surface area contributed by atoms with Crippen molar-refractivity contribution in [3.63, 3.8) is 0 Å². The van der Waals surface area contributed by atoms with E-state index < -0.39 is 14.9 Å². The highest BCUT2D eigenvalue weighted by Gasteiger charge is 2.40. The highest BCUT2D eigenvalue weighted by molar-refractivity contribution is 7.89. The Morgan fingerprint density at radius 2 is 1.93 bits per heavy atom. The molecule has 0 atom stereocenters. The third-order valence-corrected chi connectivity index (χ3v) is 6.07. The van der Waals surface area contributed by atoms with E-state index in [-0.39, 0.29) is 29.6 Å². The summed E-state index contributed by atoms with van der Waals surface area (Å²) in [5, 5.41) is 14.8. The molecule has 4 rings (SSSR count). The van der Waals surface area contributed by atoms with E-state index in [4.69, 9.17) is 4.52 Å². The Bertz CT molecular complexity index is 1090. The molecule has 1 aliphatic heterocycles. The van der Waals surface area contributed by atoms with Crippen LogP contribution in [0.25, 0.3) is 11.4 Å². The molecule has 1 aromatic carbocycles. The molecule has 3 heterocycles. The van der Waals surface area contributed by atoms with Crippen LogP contribution in [-0.4, -0.2) is 45.9 Å². The maximum Gasteiger partial charge on any atom is 0.270 e. The molecule has 138 valence electrons. The zero-order valence-corrected chi connectivity index (χ0v) is 14.6. The van der Waals surface area contributed by atoms with Gasteiger partial charge in [-0.15, -0.1) is 0 Å². The van der Waals surface area contributed by atoms with Crippen LogP contribution in [0.1, 0.15) is 11.8 Å². The van der Waals surface area contributed by atoms with Gasteiger partial charge in [-0.3, -0.25) is 15.1 Å². The van der Waals surface area contributed by atoms with Crippen molar-refractivity contribution in [3.05, 3.63) is 64.8 Å². The van der Waals surface area contributed by atoms with Gasteiger partial charge >= 0.3 is 0 Å². The third-order valence-electron chi connectivity index (χ3n) is 4.24. The number of pyridine rings is 1. The summed E-state index contributed by atoms with van der Waals surface area (Å²) in [6.07, 6.45) is 3.23. The highest BCUT2D eigenvalue weighted by Crippen LogP contribution is 2.32. The van der Waals surface area contributed by atoms with Crippen molar-refractivity contribution in [3.8, 4) is 11.4 Å². The van der Waals surface area contributed by atoms with Crippen molar-refractivity contribution in [1.29, 1.82) is 0 Å². The van der Waals surface area contributed by atoms with Crippen LogP contribution in [-0.2, 0) is 10.0 Å². The van der Waals surface area contributed by atoms with E-state index in [2.05, 4.69) is 15.1 Å². The Labute approximate surface area is 153 Å². The Morgan fingerprint density at radius 3 is 2.63 bits per heavy atom. The van der Waals surface area contributed by atoms with Gasteiger partial charge < -0.3 is 4.52 Å². The van der Waals surface area contributed by atoms with Gasteiger partial charge in [0.15, 0.2) is 0 Å². The molecule has 0 aliphatic carbocycles. The molecule has 1 saturated heterocycles. The highest BCUT2D eigenvalue weighted by atomic mass is 32.2. The fourth-order valence-corrected chi connectivity index (χ4v) is 4.29. The van der Waals surface area contributed by atoms with Crippen molar-refractivity contribution in [2.24, 2.45) is 0 Å². The van der Waals surface area contributed by atoms with Gasteiger partial charge in [0.05, 0.1) is 15.7 Å². The molecule has 10 nitrogen and oxygen atoms in total. The normalized spacial score (nSPS) is 15.4. The van der Waals surface area contributed by atoms with E-state index >= 15 is 0 Å². The summed E-state index contributed by atoms with van der Waals surface area (Å²) in [4.78, 5) is 18.3. The summed E-state index contributed by atoms with van der Waals surface area (Å²) >= 11 is 0. The zero-order chi connectivity index (χ0) is 19.0. The van der Waals surface area contributed by atoms with Crippen molar-refractivity contribution >= 4 is 15.7 Å². The first-order chi connectivity index (χ1) is 12.9. The SMILES string of the molecule is O=[N+]([O-])c1cccc(S(=O)(=O)N2CC(c3nc(-c4ccncc4)no3)C2)c1. The fraction of sp³-hybridized carbons (Fsp3) is 0.188. The van der Waals surface area contributed by atoms with Gasteiger partial charge in [0.2, 0.25) is 21.7 Å². The van der Waals surface area contributed by atoms with Crippen LogP contribution in [0.3, 0.4) is 0 Å². The van der Waals surface area contributed by atoms with E-state index in [9.17, 15) is 18.5 Å². The lowest BCUT2D eigenvalue weighted by Gasteiger charge is -2.35. The second kappa shape index (κ2) is 6.52. The number of benzene rings is 1. The first-order valence-corrected chi connectivity index (χ1v) is 9.38. The Hall–Kier alpha value is -3.18. The molecule has 0 spiro atoms. The van der Waals surface area contributed by atoms with E-state index in [1.54, 1.807) is 24.5 Å². The summed E-state index contributed by atoms with van der Waals surface area (Å²) in [7, 11) is -3.81. The van der Waals surface area contributed by atoms with Crippen LogP contribution >= 0.6 is 0 Å². The van der Waals surface area contributed by atoms with Gasteiger partial charge in [-0.05, 0) is 18.2 Å². The molecule has 0 amide bonds. The number of nitrogens with zero attached hydrogens (tertiary/aromatic N) is 5. The minimum absolute atomic E-state index is 0.113. The number of nitro groups is 1. The third kappa shape index (κ3) is 3.17. The van der Waals surface area contributed by atoms with Gasteiger partial charge in [0.25, 0.3) is 5.69 Å². The summed E-state index contributed by atoms with van der Waals surface area (Å²) in [6.45, 7) is 0.339. The van der Waals surface area contributed by atoms with Crippen LogP contribution in [0.2, 0.25) is 0 Å². The molecule has 0 bridgehead atoms. The van der Waals surface area contributed by atoms with Crippen molar-refractivity contribution < 1.29 is 17.9 Å². The van der Waals surface area contributed by atoms with Crippen molar-refractivity contribution in [2.75, 3.05) is 13.1 Å². The summed E-state index contributed by atoms with van der Waals surface area (Å²) in [5.74, 6) is 0.543. The number of hydrogen-bond donors (Lipinski definition) is 0. The molecule has 3 aromatic rings. The second-order valence-corrected chi connectivity index (χ2v) is 7.90. The molecule has 0 saturated carbocycles. The predicted octanol–water partition coefficient (Wildman–Crippen LogP) is 1.83. The predicted molar refractivity (Wildman–Crippen MR) is 92.1 cm³/mol. The van der Waals surface area contributed by atoms with Gasteiger partial charge in [-0.2, -0.15) is 9.29 Å². The quantitative estimate of drug-likeness (QED) is 0.478. The molecule has 0 unspecified atom stereocenters. The standard InChI is InChI=1S/C16H13N5O5S/c22-21(23)13-2-1-3-14(8-13)27(24,25)20-9-12(10-20)16-18-15(19-26-16)11-4-6-17-7-5-11/h1-8,12H,9-10H2. The number of sulfonamides is 1. The average molecular weight is 387 g/mol.